The third kappa shape index (κ3) is 54.6. The average Bonchev–Trinajstić information content (AvgIpc) is 3.35. The largest absolute Gasteiger partial charge is 0.462 e. The smallest absolute Gasteiger partial charge is 0.306 e. The molecule has 6 heteroatoms. The minimum atomic E-state index is -0.807. The molecule has 0 rings (SSSR count). The van der Waals surface area contributed by atoms with Crippen molar-refractivity contribution >= 4 is 17.9 Å². The second kappa shape index (κ2) is 56.4. The van der Waals surface area contributed by atoms with Gasteiger partial charge in [-0.25, -0.2) is 0 Å². The lowest BCUT2D eigenvalue weighted by molar-refractivity contribution is -0.167. The second-order valence-corrected chi connectivity index (χ2v) is 18.3. The SMILES string of the molecule is CCC\C=C/C=C\C=C/C=C\C=C/CCCCCCCC(=O)OCC(COC(=O)CCCCCCCCC/C=C\CCCCCC)OC(=O)CCCCCCC\C=C/C=C\C=C/C=C\CCCCC. The average molecular weight is 956 g/mol. The molecule has 69 heavy (non-hydrogen) atoms. The van der Waals surface area contributed by atoms with Crippen LogP contribution in [0.2, 0.25) is 0 Å². The summed E-state index contributed by atoms with van der Waals surface area (Å²) in [4.78, 5) is 38.2. The third-order valence-corrected chi connectivity index (χ3v) is 11.6. The quantitative estimate of drug-likeness (QED) is 0.0199. The second-order valence-electron chi connectivity index (χ2n) is 18.3. The predicted octanol–water partition coefficient (Wildman–Crippen LogP) is 18.9. The Kier molecular flexibility index (Phi) is 53.0. The van der Waals surface area contributed by atoms with Crippen LogP contribution in [0, 0.1) is 0 Å². The van der Waals surface area contributed by atoms with Gasteiger partial charge in [0.25, 0.3) is 0 Å². The standard InChI is InChI=1S/C63H102O6/c1-4-7-10-13-16-19-22-25-28-30-32-35-38-41-44-47-50-53-56-62(65)68-59-60(58-67-61(64)55-52-49-46-43-40-37-34-27-24-21-18-15-12-9-6-3)69-63(66)57-54-51-48-45-42-39-36-33-31-29-26-23-20-17-14-11-8-5-2/h10,13,16-17,19-26,28-33,35-36,60H,4-9,11-12,14-15,18,27,34,37-59H2,1-3H3/b13-10-,19-16-,20-17-,24-21-,25-22-,26-23-,30-28-,31-29-,35-32-,36-33-. The van der Waals surface area contributed by atoms with Gasteiger partial charge < -0.3 is 14.2 Å². The van der Waals surface area contributed by atoms with Crippen molar-refractivity contribution in [3.63, 3.8) is 0 Å². The summed E-state index contributed by atoms with van der Waals surface area (Å²) >= 11 is 0. The molecule has 0 saturated heterocycles. The highest BCUT2D eigenvalue weighted by atomic mass is 16.6. The van der Waals surface area contributed by atoms with E-state index < -0.39 is 6.10 Å². The van der Waals surface area contributed by atoms with Crippen molar-refractivity contribution in [3.05, 3.63) is 122 Å². The summed E-state index contributed by atoms with van der Waals surface area (Å²) in [6.45, 7) is 6.45. The molecule has 0 spiro atoms. The first-order chi connectivity index (χ1) is 34.0. The fourth-order valence-corrected chi connectivity index (χ4v) is 7.36. The maximum atomic E-state index is 12.9. The van der Waals surface area contributed by atoms with E-state index in [0.29, 0.717) is 19.3 Å². The Balaban J connectivity index is 4.53. The van der Waals surface area contributed by atoms with Crippen LogP contribution < -0.4 is 0 Å². The van der Waals surface area contributed by atoms with E-state index in [4.69, 9.17) is 14.2 Å². The Morgan fingerprint density at radius 2 is 0.565 bits per heavy atom. The van der Waals surface area contributed by atoms with Crippen LogP contribution in [-0.2, 0) is 28.6 Å². The summed E-state index contributed by atoms with van der Waals surface area (Å²) in [7, 11) is 0. The van der Waals surface area contributed by atoms with E-state index in [9.17, 15) is 14.4 Å². The van der Waals surface area contributed by atoms with Gasteiger partial charge in [-0.1, -0.05) is 251 Å². The zero-order valence-electron chi connectivity index (χ0n) is 44.5. The molecule has 0 N–H and O–H groups in total. The number of hydrogen-bond acceptors (Lipinski definition) is 6. The number of hydrogen-bond donors (Lipinski definition) is 0. The Bertz CT molecular complexity index is 1470. The highest BCUT2D eigenvalue weighted by Gasteiger charge is 2.19. The third-order valence-electron chi connectivity index (χ3n) is 11.6. The van der Waals surface area contributed by atoms with Crippen LogP contribution in [0.3, 0.4) is 0 Å². The first-order valence-electron chi connectivity index (χ1n) is 28.2. The van der Waals surface area contributed by atoms with Crippen molar-refractivity contribution in [2.45, 2.75) is 245 Å². The van der Waals surface area contributed by atoms with E-state index in [1.165, 1.54) is 89.9 Å². The van der Waals surface area contributed by atoms with Gasteiger partial charge in [0.15, 0.2) is 6.10 Å². The minimum Gasteiger partial charge on any atom is -0.462 e. The van der Waals surface area contributed by atoms with Crippen LogP contribution in [-0.4, -0.2) is 37.2 Å². The fraction of sp³-hybridized carbons (Fsp3) is 0.635. The van der Waals surface area contributed by atoms with Crippen molar-refractivity contribution in [1.29, 1.82) is 0 Å². The Morgan fingerprint density at radius 3 is 0.942 bits per heavy atom. The van der Waals surface area contributed by atoms with Crippen molar-refractivity contribution in [3.8, 4) is 0 Å². The van der Waals surface area contributed by atoms with Gasteiger partial charge in [0.1, 0.15) is 13.2 Å². The molecule has 390 valence electrons. The number of carbonyl (C=O) groups excluding carboxylic acids is 3. The summed E-state index contributed by atoms with van der Waals surface area (Å²) < 4.78 is 16.8. The number of ether oxygens (including phenoxy) is 3. The van der Waals surface area contributed by atoms with Gasteiger partial charge in [0.05, 0.1) is 0 Å². The highest BCUT2D eigenvalue weighted by Crippen LogP contribution is 2.14. The van der Waals surface area contributed by atoms with Gasteiger partial charge in [-0.2, -0.15) is 0 Å². The van der Waals surface area contributed by atoms with Crippen LogP contribution in [0.5, 0.6) is 0 Å². The van der Waals surface area contributed by atoms with Gasteiger partial charge in [-0.05, 0) is 89.9 Å². The van der Waals surface area contributed by atoms with Crippen LogP contribution in [0.15, 0.2) is 122 Å². The number of allylic oxidation sites excluding steroid dienone is 20. The summed E-state index contributed by atoms with van der Waals surface area (Å²) in [6.07, 6.45) is 77.4. The highest BCUT2D eigenvalue weighted by molar-refractivity contribution is 5.71. The zero-order chi connectivity index (χ0) is 50.0. The Morgan fingerprint density at radius 1 is 0.290 bits per heavy atom. The van der Waals surface area contributed by atoms with E-state index in [0.717, 1.165) is 109 Å². The molecule has 0 amide bonds. The molecule has 0 aliphatic rings. The van der Waals surface area contributed by atoms with Gasteiger partial charge in [-0.15, -0.1) is 0 Å². The maximum Gasteiger partial charge on any atom is 0.306 e. The van der Waals surface area contributed by atoms with E-state index in [1.54, 1.807) is 0 Å². The first-order valence-corrected chi connectivity index (χ1v) is 28.2. The lowest BCUT2D eigenvalue weighted by atomic mass is 10.1. The number of unbranched alkanes of at least 4 members (excludes halogenated alkanes) is 25. The molecule has 0 bridgehead atoms. The van der Waals surface area contributed by atoms with Crippen molar-refractivity contribution < 1.29 is 28.6 Å². The molecular weight excluding hydrogens is 853 g/mol. The fourth-order valence-electron chi connectivity index (χ4n) is 7.36. The number of rotatable bonds is 49. The molecule has 0 aliphatic carbocycles. The molecule has 0 aromatic rings. The molecule has 6 nitrogen and oxygen atoms in total. The number of esters is 3. The van der Waals surface area contributed by atoms with Crippen molar-refractivity contribution in [1.82, 2.24) is 0 Å². The van der Waals surface area contributed by atoms with E-state index in [1.807, 2.05) is 24.3 Å². The predicted molar refractivity (Wildman–Crippen MR) is 297 cm³/mol. The first kappa shape index (κ1) is 64.8. The van der Waals surface area contributed by atoms with Gasteiger partial charge in [0, 0.05) is 19.3 Å². The maximum absolute atomic E-state index is 12.9. The van der Waals surface area contributed by atoms with Crippen LogP contribution in [0.1, 0.15) is 239 Å². The van der Waals surface area contributed by atoms with Crippen LogP contribution in [0.4, 0.5) is 0 Å². The Labute approximate surface area is 424 Å². The summed E-state index contributed by atoms with van der Waals surface area (Å²) in [5.74, 6) is -0.957. The normalized spacial score (nSPS) is 13.0. The summed E-state index contributed by atoms with van der Waals surface area (Å²) in [5, 5.41) is 0. The molecule has 0 saturated carbocycles. The van der Waals surface area contributed by atoms with Crippen LogP contribution in [0.25, 0.3) is 0 Å². The van der Waals surface area contributed by atoms with Crippen molar-refractivity contribution in [2.75, 3.05) is 13.2 Å². The molecule has 0 heterocycles. The van der Waals surface area contributed by atoms with Crippen LogP contribution >= 0.6 is 0 Å². The monoisotopic (exact) mass is 955 g/mol. The van der Waals surface area contributed by atoms with E-state index >= 15 is 0 Å². The lowest BCUT2D eigenvalue weighted by Gasteiger charge is -2.18. The van der Waals surface area contributed by atoms with Crippen molar-refractivity contribution in [2.24, 2.45) is 0 Å². The molecule has 0 aliphatic heterocycles. The van der Waals surface area contributed by atoms with E-state index in [-0.39, 0.29) is 31.1 Å². The molecule has 0 fully saturated rings. The van der Waals surface area contributed by atoms with Gasteiger partial charge in [-0.3, -0.25) is 14.4 Å². The molecule has 1 unspecified atom stereocenters. The van der Waals surface area contributed by atoms with E-state index in [2.05, 4.69) is 118 Å². The Hall–Kier alpha value is -4.19. The lowest BCUT2D eigenvalue weighted by Crippen LogP contribution is -2.30. The molecule has 0 aromatic carbocycles. The number of carbonyl (C=O) groups is 3. The zero-order valence-corrected chi connectivity index (χ0v) is 44.5. The minimum absolute atomic E-state index is 0.102. The molecule has 1 atom stereocenters. The molecule has 0 aromatic heterocycles. The van der Waals surface area contributed by atoms with Gasteiger partial charge >= 0.3 is 17.9 Å². The van der Waals surface area contributed by atoms with Gasteiger partial charge in [0.2, 0.25) is 0 Å². The molecular formula is C63H102O6. The molecule has 0 radical (unpaired) electrons. The topological polar surface area (TPSA) is 78.9 Å². The summed E-state index contributed by atoms with van der Waals surface area (Å²) in [5.41, 5.74) is 0. The summed E-state index contributed by atoms with van der Waals surface area (Å²) in [6, 6.07) is 0.